The molecule has 13 heteroatoms. The van der Waals surface area contributed by atoms with Crippen LogP contribution in [0.1, 0.15) is 15.9 Å². The van der Waals surface area contributed by atoms with Crippen molar-refractivity contribution >= 4 is 44.2 Å². The maximum atomic E-state index is 13.7. The Kier molecular flexibility index (Phi) is 7.72. The third-order valence-corrected chi connectivity index (χ3v) is 8.37. The highest BCUT2D eigenvalue weighted by molar-refractivity contribution is 7.90. The van der Waals surface area contributed by atoms with E-state index in [-0.39, 0.29) is 27.9 Å². The van der Waals surface area contributed by atoms with Gasteiger partial charge < -0.3 is 19.1 Å². The average molecular weight is 579 g/mol. The first-order valence-corrected chi connectivity index (χ1v) is 14.0. The molecule has 0 amide bonds. The van der Waals surface area contributed by atoms with E-state index in [4.69, 9.17) is 14.2 Å². The fourth-order valence-corrected chi connectivity index (χ4v) is 5.93. The molecular weight excluding hydrogens is 552 g/mol. The lowest BCUT2D eigenvalue weighted by molar-refractivity contribution is -0.384. The van der Waals surface area contributed by atoms with E-state index in [1.54, 1.807) is 18.2 Å². The smallest absolute Gasteiger partial charge is 0.269 e. The number of ketones is 1. The van der Waals surface area contributed by atoms with Crippen LogP contribution in [-0.4, -0.2) is 68.6 Å². The third kappa shape index (κ3) is 5.49. The second-order valence-corrected chi connectivity index (χ2v) is 10.9. The molecule has 2 aromatic heterocycles. The third-order valence-electron chi connectivity index (χ3n) is 6.68. The van der Waals surface area contributed by atoms with Gasteiger partial charge in [0.15, 0.2) is 5.78 Å². The number of fused-ring (bicyclic) bond motifs is 1. The summed E-state index contributed by atoms with van der Waals surface area (Å²) in [5.74, 6) is -0.0187. The van der Waals surface area contributed by atoms with Crippen molar-refractivity contribution in [2.24, 2.45) is 0 Å². The maximum absolute atomic E-state index is 13.7. The van der Waals surface area contributed by atoms with E-state index >= 15 is 0 Å². The SMILES string of the molecule is COc1ccc(C(=O)/C=C/c2cn(S(=O)(=O)c3ccc([N+](=O)[O-])cc3)c3ccc(N4CCOCC4)cc23)c(OC)n1. The monoisotopic (exact) mass is 578 g/mol. The van der Waals surface area contributed by atoms with Crippen molar-refractivity contribution in [2.75, 3.05) is 45.4 Å². The second-order valence-electron chi connectivity index (χ2n) is 9.05. The highest BCUT2D eigenvalue weighted by Crippen LogP contribution is 2.32. The molecule has 0 bridgehead atoms. The van der Waals surface area contributed by atoms with Crippen LogP contribution in [0.15, 0.2) is 71.8 Å². The van der Waals surface area contributed by atoms with E-state index in [1.807, 2.05) is 12.1 Å². The molecule has 12 nitrogen and oxygen atoms in total. The van der Waals surface area contributed by atoms with Gasteiger partial charge in [0.25, 0.3) is 15.7 Å². The summed E-state index contributed by atoms with van der Waals surface area (Å²) in [4.78, 5) is 29.7. The normalized spacial score (nSPS) is 14.0. The fourth-order valence-electron chi connectivity index (χ4n) is 4.55. The minimum atomic E-state index is -4.14. The first-order chi connectivity index (χ1) is 19.7. The van der Waals surface area contributed by atoms with Gasteiger partial charge >= 0.3 is 0 Å². The van der Waals surface area contributed by atoms with Crippen molar-refractivity contribution in [1.29, 1.82) is 0 Å². The van der Waals surface area contributed by atoms with Crippen LogP contribution in [-0.2, 0) is 14.8 Å². The maximum Gasteiger partial charge on any atom is 0.269 e. The number of nitrogens with zero attached hydrogens (tertiary/aromatic N) is 4. The van der Waals surface area contributed by atoms with Gasteiger partial charge in [-0.15, -0.1) is 0 Å². The quantitative estimate of drug-likeness (QED) is 0.124. The number of benzene rings is 2. The topological polar surface area (TPSA) is 143 Å². The number of morpholine rings is 1. The Morgan fingerprint density at radius 1 is 1.05 bits per heavy atom. The molecule has 5 rings (SSSR count). The highest BCUT2D eigenvalue weighted by atomic mass is 32.2. The van der Waals surface area contributed by atoms with Crippen LogP contribution in [0.4, 0.5) is 11.4 Å². The number of hydrogen-bond acceptors (Lipinski definition) is 10. The minimum absolute atomic E-state index is 0.0942. The standard InChI is InChI=1S/C28H26N4O8S/c1-38-27-12-9-23(28(29-27)39-2)26(33)11-3-19-18-31(41(36,37)22-7-4-20(5-8-22)32(34)35)25-10-6-21(17-24(19)25)30-13-15-40-16-14-30/h3-12,17-18H,13-16H2,1-2H3/b11-3+. The summed E-state index contributed by atoms with van der Waals surface area (Å²) in [5.41, 5.74) is 1.74. The van der Waals surface area contributed by atoms with Crippen molar-refractivity contribution < 1.29 is 32.3 Å². The number of allylic oxidation sites excluding steroid dienone is 1. The van der Waals surface area contributed by atoms with Crippen LogP contribution in [0.25, 0.3) is 17.0 Å². The molecule has 0 N–H and O–H groups in total. The molecule has 0 atom stereocenters. The van der Waals surface area contributed by atoms with E-state index in [0.29, 0.717) is 42.8 Å². The summed E-state index contributed by atoms with van der Waals surface area (Å²) < 4.78 is 44.3. The van der Waals surface area contributed by atoms with E-state index in [0.717, 1.165) is 21.8 Å². The van der Waals surface area contributed by atoms with Crippen molar-refractivity contribution in [3.63, 3.8) is 0 Å². The van der Waals surface area contributed by atoms with Gasteiger partial charge in [0.1, 0.15) is 0 Å². The van der Waals surface area contributed by atoms with Gasteiger partial charge in [-0.05, 0) is 48.6 Å². The summed E-state index contributed by atoms with van der Waals surface area (Å²) in [7, 11) is -1.29. The Labute approximate surface area is 235 Å². The number of ether oxygens (including phenoxy) is 3. The lowest BCUT2D eigenvalue weighted by Gasteiger charge is -2.29. The lowest BCUT2D eigenvalue weighted by atomic mass is 10.1. The van der Waals surface area contributed by atoms with Crippen LogP contribution in [0.3, 0.4) is 0 Å². The van der Waals surface area contributed by atoms with Crippen LogP contribution in [0.5, 0.6) is 11.8 Å². The lowest BCUT2D eigenvalue weighted by Crippen LogP contribution is -2.36. The van der Waals surface area contributed by atoms with Gasteiger partial charge in [0, 0.05) is 54.1 Å². The van der Waals surface area contributed by atoms with Crippen molar-refractivity contribution in [2.45, 2.75) is 4.90 Å². The Bertz CT molecular complexity index is 1760. The van der Waals surface area contributed by atoms with E-state index in [1.165, 1.54) is 44.7 Å². The molecule has 3 heterocycles. The number of aromatic nitrogens is 2. The average Bonchev–Trinajstić information content (AvgIpc) is 3.38. The van der Waals surface area contributed by atoms with Crippen molar-refractivity contribution in [1.82, 2.24) is 8.96 Å². The molecule has 0 radical (unpaired) electrons. The van der Waals surface area contributed by atoms with Gasteiger partial charge in [0.2, 0.25) is 11.8 Å². The molecule has 0 spiro atoms. The zero-order valence-corrected chi connectivity index (χ0v) is 23.0. The zero-order valence-electron chi connectivity index (χ0n) is 22.2. The van der Waals surface area contributed by atoms with Gasteiger partial charge in [-0.2, -0.15) is 4.98 Å². The predicted octanol–water partition coefficient (Wildman–Crippen LogP) is 3.93. The second kappa shape index (κ2) is 11.4. The van der Waals surface area contributed by atoms with Crippen molar-refractivity contribution in [3.05, 3.63) is 88.1 Å². The number of nitro groups is 1. The molecule has 0 saturated carbocycles. The number of non-ortho nitro benzene ring substituents is 1. The van der Waals surface area contributed by atoms with Gasteiger partial charge in [0.05, 0.1) is 48.3 Å². The van der Waals surface area contributed by atoms with Crippen LogP contribution >= 0.6 is 0 Å². The number of nitro benzene ring substituents is 1. The first kappa shape index (κ1) is 27.8. The predicted molar refractivity (Wildman–Crippen MR) is 151 cm³/mol. The Morgan fingerprint density at radius 3 is 2.44 bits per heavy atom. The van der Waals surface area contributed by atoms with Crippen LogP contribution in [0, 0.1) is 10.1 Å². The van der Waals surface area contributed by atoms with E-state index in [9.17, 15) is 23.3 Å². The first-order valence-electron chi connectivity index (χ1n) is 12.5. The number of pyridine rings is 1. The van der Waals surface area contributed by atoms with E-state index < -0.39 is 20.7 Å². The summed E-state index contributed by atoms with van der Waals surface area (Å²) in [6.07, 6.45) is 4.29. The number of methoxy groups -OCH3 is 2. The zero-order chi connectivity index (χ0) is 29.1. The van der Waals surface area contributed by atoms with Gasteiger partial charge in [-0.1, -0.05) is 0 Å². The largest absolute Gasteiger partial charge is 0.481 e. The molecule has 1 saturated heterocycles. The summed E-state index contributed by atoms with van der Waals surface area (Å²) in [6, 6.07) is 13.2. The fraction of sp³-hybridized carbons (Fsp3) is 0.214. The number of anilines is 1. The molecule has 4 aromatic rings. The molecule has 2 aromatic carbocycles. The molecule has 212 valence electrons. The molecule has 1 fully saturated rings. The Balaban J connectivity index is 1.59. The Morgan fingerprint density at radius 2 is 1.78 bits per heavy atom. The highest BCUT2D eigenvalue weighted by Gasteiger charge is 2.23. The molecule has 0 aliphatic carbocycles. The van der Waals surface area contributed by atoms with Crippen molar-refractivity contribution in [3.8, 4) is 11.8 Å². The summed E-state index contributed by atoms with van der Waals surface area (Å²) >= 11 is 0. The van der Waals surface area contributed by atoms with E-state index in [2.05, 4.69) is 9.88 Å². The van der Waals surface area contributed by atoms with Gasteiger partial charge in [-0.25, -0.2) is 12.4 Å². The number of hydrogen-bond donors (Lipinski definition) is 0. The number of carbonyl (C=O) groups is 1. The van der Waals surface area contributed by atoms with Crippen LogP contribution in [0.2, 0.25) is 0 Å². The number of carbonyl (C=O) groups excluding carboxylic acids is 1. The summed E-state index contributed by atoms with van der Waals surface area (Å²) in [6.45, 7) is 2.52. The molecular formula is C28H26N4O8S. The van der Waals surface area contributed by atoms with Gasteiger partial charge in [-0.3, -0.25) is 14.9 Å². The Hall–Kier alpha value is -4.75. The minimum Gasteiger partial charge on any atom is -0.481 e. The van der Waals surface area contributed by atoms with Crippen LogP contribution < -0.4 is 14.4 Å². The molecule has 1 aliphatic heterocycles. The molecule has 41 heavy (non-hydrogen) atoms. The molecule has 1 aliphatic rings. The summed E-state index contributed by atoms with van der Waals surface area (Å²) in [5, 5.41) is 11.7. The number of rotatable bonds is 9. The molecule has 0 unspecified atom stereocenters.